The lowest BCUT2D eigenvalue weighted by atomic mass is 9.73. The number of carbonyl (C=O) groups is 1. The number of carbonyl (C=O) groups excluding carboxylic acids is 1. The molecule has 106 valence electrons. The number of rotatable bonds is 0. The van der Waals surface area contributed by atoms with Gasteiger partial charge in [0.25, 0.3) is 0 Å². The number of allylic oxidation sites excluding steroid dienone is 1. The first kappa shape index (κ1) is 13.2. The lowest BCUT2D eigenvalue weighted by Crippen LogP contribution is -2.35. The number of nitrogens with zero attached hydrogens (tertiary/aromatic N) is 1. The number of hydrogen-bond acceptors (Lipinski definition) is 3. The molecule has 2 aromatic rings. The number of Topliss-reactive ketones (excluding diaryl/α,β-unsaturated/α-hetero) is 1. The van der Waals surface area contributed by atoms with E-state index in [1.165, 1.54) is 0 Å². The number of H-pyrrole nitrogens is 1. The third-order valence-electron chi connectivity index (χ3n) is 4.26. The van der Waals surface area contributed by atoms with E-state index in [4.69, 9.17) is 11.6 Å². The van der Waals surface area contributed by atoms with E-state index in [1.807, 2.05) is 32.0 Å². The van der Waals surface area contributed by atoms with E-state index in [0.717, 1.165) is 32.2 Å². The van der Waals surface area contributed by atoms with Crippen LogP contribution in [0.15, 0.2) is 34.9 Å². The molecular weight excluding hydrogens is 304 g/mol. The summed E-state index contributed by atoms with van der Waals surface area (Å²) in [5.74, 6) is 0.185. The van der Waals surface area contributed by atoms with E-state index in [2.05, 4.69) is 10.2 Å². The summed E-state index contributed by atoms with van der Waals surface area (Å²) in [6, 6.07) is 5.87. The molecule has 0 saturated heterocycles. The second kappa shape index (κ2) is 4.24. The number of thioether (sulfide) groups is 1. The van der Waals surface area contributed by atoms with E-state index in [0.29, 0.717) is 11.4 Å². The molecule has 2 heterocycles. The van der Waals surface area contributed by atoms with Gasteiger partial charge in [-0.15, -0.1) is 0 Å². The summed E-state index contributed by atoms with van der Waals surface area (Å²) in [4.78, 5) is 15.1. The molecule has 0 fully saturated rings. The van der Waals surface area contributed by atoms with Crippen molar-refractivity contribution < 1.29 is 4.79 Å². The Hall–Kier alpha value is -1.52. The lowest BCUT2D eigenvalue weighted by molar-refractivity contribution is -0.120. The molecule has 1 aliphatic carbocycles. The van der Waals surface area contributed by atoms with Crippen LogP contribution in [0.5, 0.6) is 0 Å². The average Bonchev–Trinajstić information content (AvgIpc) is 2.94. The molecule has 0 atom stereocenters. The van der Waals surface area contributed by atoms with Crippen molar-refractivity contribution in [2.75, 3.05) is 0 Å². The quantitative estimate of drug-likeness (QED) is 0.799. The summed E-state index contributed by atoms with van der Waals surface area (Å²) >= 11 is 7.71. The van der Waals surface area contributed by atoms with E-state index in [-0.39, 0.29) is 5.78 Å². The van der Waals surface area contributed by atoms with Gasteiger partial charge >= 0.3 is 0 Å². The Kier molecular flexibility index (Phi) is 2.66. The standard InChI is InChI=1S/C16H13ClN2OS/c1-16(2)11-7-18-19-13(11)14-10(15(16)20)6-8-5-9(17)3-4-12(8)21-14/h3-5,7H,6H2,1-2H3,(H,18,19). The highest BCUT2D eigenvalue weighted by Gasteiger charge is 2.43. The van der Waals surface area contributed by atoms with Gasteiger partial charge in [0.2, 0.25) is 0 Å². The van der Waals surface area contributed by atoms with Crippen LogP contribution in [-0.2, 0) is 16.6 Å². The van der Waals surface area contributed by atoms with Crippen LogP contribution in [0.25, 0.3) is 4.91 Å². The minimum Gasteiger partial charge on any atom is -0.294 e. The molecule has 3 nitrogen and oxygen atoms in total. The Morgan fingerprint density at radius 1 is 1.38 bits per heavy atom. The van der Waals surface area contributed by atoms with E-state index in [9.17, 15) is 4.79 Å². The molecule has 1 N–H and O–H groups in total. The van der Waals surface area contributed by atoms with Gasteiger partial charge in [-0.25, -0.2) is 0 Å². The molecule has 1 aliphatic heterocycles. The van der Waals surface area contributed by atoms with Gasteiger partial charge < -0.3 is 0 Å². The van der Waals surface area contributed by atoms with Crippen LogP contribution in [0.1, 0.15) is 30.7 Å². The Balaban J connectivity index is 1.93. The second-order valence-corrected chi connectivity index (χ2v) is 7.44. The molecule has 2 aliphatic rings. The van der Waals surface area contributed by atoms with Crippen LogP contribution in [0.2, 0.25) is 5.02 Å². The maximum atomic E-state index is 12.9. The summed E-state index contributed by atoms with van der Waals surface area (Å²) in [7, 11) is 0. The molecule has 1 aromatic carbocycles. The first-order valence-electron chi connectivity index (χ1n) is 6.77. The topological polar surface area (TPSA) is 45.8 Å². The van der Waals surface area contributed by atoms with E-state index in [1.54, 1.807) is 18.0 Å². The smallest absolute Gasteiger partial charge is 0.170 e. The van der Waals surface area contributed by atoms with Gasteiger partial charge in [0, 0.05) is 32.4 Å². The van der Waals surface area contributed by atoms with Crippen molar-refractivity contribution in [3.05, 3.63) is 51.8 Å². The highest BCUT2D eigenvalue weighted by molar-refractivity contribution is 8.08. The fourth-order valence-electron chi connectivity index (χ4n) is 3.05. The number of fused-ring (bicyclic) bond motifs is 3. The van der Waals surface area contributed by atoms with Gasteiger partial charge in [0.15, 0.2) is 5.78 Å². The van der Waals surface area contributed by atoms with Crippen molar-refractivity contribution in [3.63, 3.8) is 0 Å². The number of halogens is 1. The molecule has 21 heavy (non-hydrogen) atoms. The zero-order valence-electron chi connectivity index (χ0n) is 11.7. The van der Waals surface area contributed by atoms with E-state index >= 15 is 0 Å². The van der Waals surface area contributed by atoms with Gasteiger partial charge in [0.1, 0.15) is 0 Å². The van der Waals surface area contributed by atoms with Crippen LogP contribution in [0, 0.1) is 0 Å². The summed E-state index contributed by atoms with van der Waals surface area (Å²) in [5.41, 5.74) is 3.43. The Labute approximate surface area is 131 Å². The third kappa shape index (κ3) is 1.75. The number of aromatic nitrogens is 2. The van der Waals surface area contributed by atoms with Gasteiger partial charge in [-0.1, -0.05) is 23.4 Å². The molecule has 0 amide bonds. The molecule has 0 radical (unpaired) electrons. The predicted octanol–water partition coefficient (Wildman–Crippen LogP) is 3.98. The van der Waals surface area contributed by atoms with Gasteiger partial charge in [0.05, 0.1) is 17.3 Å². The first-order chi connectivity index (χ1) is 9.98. The number of nitrogens with one attached hydrogen (secondary N) is 1. The van der Waals surface area contributed by atoms with Crippen molar-refractivity contribution in [1.29, 1.82) is 0 Å². The van der Waals surface area contributed by atoms with Crippen LogP contribution < -0.4 is 0 Å². The molecule has 1 aromatic heterocycles. The normalized spacial score (nSPS) is 19.1. The largest absolute Gasteiger partial charge is 0.294 e. The molecule has 4 rings (SSSR count). The summed E-state index contributed by atoms with van der Waals surface area (Å²) < 4.78 is 0. The number of hydrogen-bond donors (Lipinski definition) is 1. The zero-order valence-corrected chi connectivity index (χ0v) is 13.2. The van der Waals surface area contributed by atoms with Crippen LogP contribution in [0.3, 0.4) is 0 Å². The predicted molar refractivity (Wildman–Crippen MR) is 84.6 cm³/mol. The monoisotopic (exact) mass is 316 g/mol. The SMILES string of the molecule is CC1(C)C(=O)C2=C(Sc3ccc(Cl)cc3C2)c2[nH]ncc21. The fraction of sp³-hybridized carbons (Fsp3) is 0.250. The number of benzene rings is 1. The summed E-state index contributed by atoms with van der Waals surface area (Å²) in [6.07, 6.45) is 2.41. The molecule has 0 saturated carbocycles. The molecule has 0 unspecified atom stereocenters. The van der Waals surface area contributed by atoms with Crippen LogP contribution >= 0.6 is 23.4 Å². The minimum atomic E-state index is -0.530. The number of aromatic amines is 1. The highest BCUT2D eigenvalue weighted by Crippen LogP contribution is 2.50. The van der Waals surface area contributed by atoms with Crippen LogP contribution in [0.4, 0.5) is 0 Å². The minimum absolute atomic E-state index is 0.185. The highest BCUT2D eigenvalue weighted by atomic mass is 35.5. The van der Waals surface area contributed by atoms with Crippen LogP contribution in [-0.4, -0.2) is 16.0 Å². The Morgan fingerprint density at radius 2 is 2.19 bits per heavy atom. The zero-order chi connectivity index (χ0) is 14.8. The van der Waals surface area contributed by atoms with Crippen molar-refractivity contribution in [3.8, 4) is 0 Å². The van der Waals surface area contributed by atoms with Gasteiger partial charge in [-0.05, 0) is 37.6 Å². The molecular formula is C16H13ClN2OS. The second-order valence-electron chi connectivity index (χ2n) is 5.95. The van der Waals surface area contributed by atoms with Crippen molar-refractivity contribution in [2.24, 2.45) is 0 Å². The molecule has 5 heteroatoms. The lowest BCUT2D eigenvalue weighted by Gasteiger charge is -2.33. The van der Waals surface area contributed by atoms with Crippen molar-refractivity contribution in [1.82, 2.24) is 10.2 Å². The fourth-order valence-corrected chi connectivity index (χ4v) is 4.40. The number of ketones is 1. The molecule has 0 spiro atoms. The van der Waals surface area contributed by atoms with Crippen molar-refractivity contribution >= 4 is 34.1 Å². The average molecular weight is 317 g/mol. The van der Waals surface area contributed by atoms with Crippen molar-refractivity contribution in [2.45, 2.75) is 30.6 Å². The molecule has 0 bridgehead atoms. The first-order valence-corrected chi connectivity index (χ1v) is 7.96. The summed E-state index contributed by atoms with van der Waals surface area (Å²) in [6.45, 7) is 3.93. The van der Waals surface area contributed by atoms with E-state index < -0.39 is 5.41 Å². The maximum Gasteiger partial charge on any atom is 0.170 e. The Morgan fingerprint density at radius 3 is 3.00 bits per heavy atom. The van der Waals surface area contributed by atoms with Gasteiger partial charge in [-0.3, -0.25) is 9.89 Å². The summed E-state index contributed by atoms with van der Waals surface area (Å²) in [5, 5.41) is 7.93. The Bertz CT molecular complexity index is 819. The third-order valence-corrected chi connectivity index (χ3v) is 5.77. The van der Waals surface area contributed by atoms with Gasteiger partial charge in [-0.2, -0.15) is 5.10 Å². The maximum absolute atomic E-state index is 12.9.